The van der Waals surface area contributed by atoms with E-state index in [0.29, 0.717) is 23.8 Å². The van der Waals surface area contributed by atoms with E-state index in [9.17, 15) is 13.2 Å². The van der Waals surface area contributed by atoms with E-state index in [-0.39, 0.29) is 23.9 Å². The van der Waals surface area contributed by atoms with Gasteiger partial charge in [-0.05, 0) is 49.9 Å². The van der Waals surface area contributed by atoms with E-state index < -0.39 is 10.0 Å². The number of benzene rings is 1. The molecule has 0 bridgehead atoms. The van der Waals surface area contributed by atoms with Crippen LogP contribution in [0.15, 0.2) is 29.2 Å². The SMILES string of the molecule is O=C(c1n[nH]c2c1CCCCC2)N1CCN(S(=O)(=O)c2ccc(Cl)cc2)CC1. The van der Waals surface area contributed by atoms with E-state index in [1.807, 2.05) is 0 Å². The number of fused-ring (bicyclic) bond motifs is 1. The maximum Gasteiger partial charge on any atom is 0.274 e. The number of aryl methyl sites for hydroxylation is 1. The van der Waals surface area contributed by atoms with E-state index in [4.69, 9.17) is 11.6 Å². The highest BCUT2D eigenvalue weighted by molar-refractivity contribution is 7.89. The van der Waals surface area contributed by atoms with Crippen molar-refractivity contribution in [3.63, 3.8) is 0 Å². The molecule has 2 aliphatic rings. The molecule has 1 aromatic carbocycles. The van der Waals surface area contributed by atoms with Crippen LogP contribution < -0.4 is 0 Å². The van der Waals surface area contributed by atoms with Crippen molar-refractivity contribution in [2.75, 3.05) is 26.2 Å². The Bertz CT molecular complexity index is 964. The Morgan fingerprint density at radius 2 is 1.68 bits per heavy atom. The first kappa shape index (κ1) is 19.4. The zero-order chi connectivity index (χ0) is 19.7. The highest BCUT2D eigenvalue weighted by Gasteiger charge is 2.32. The van der Waals surface area contributed by atoms with Crippen LogP contribution in [0.25, 0.3) is 0 Å². The van der Waals surface area contributed by atoms with Gasteiger partial charge in [-0.3, -0.25) is 9.89 Å². The predicted octanol–water partition coefficient (Wildman–Crippen LogP) is 2.48. The predicted molar refractivity (Wildman–Crippen MR) is 106 cm³/mol. The van der Waals surface area contributed by atoms with Gasteiger partial charge in [0.25, 0.3) is 5.91 Å². The molecule has 2 heterocycles. The number of hydrogen-bond donors (Lipinski definition) is 1. The average molecular weight is 423 g/mol. The van der Waals surface area contributed by atoms with Crippen molar-refractivity contribution in [1.82, 2.24) is 19.4 Å². The van der Waals surface area contributed by atoms with Gasteiger partial charge in [-0.15, -0.1) is 0 Å². The molecule has 9 heteroatoms. The van der Waals surface area contributed by atoms with Crippen molar-refractivity contribution >= 4 is 27.5 Å². The number of amides is 1. The van der Waals surface area contributed by atoms with Crippen molar-refractivity contribution in [2.24, 2.45) is 0 Å². The molecule has 2 aromatic rings. The van der Waals surface area contributed by atoms with E-state index in [0.717, 1.165) is 43.4 Å². The summed E-state index contributed by atoms with van der Waals surface area (Å²) in [6.07, 6.45) is 5.15. The van der Waals surface area contributed by atoms with Gasteiger partial charge in [0.15, 0.2) is 5.69 Å². The first-order valence-corrected chi connectivity index (χ1v) is 11.4. The van der Waals surface area contributed by atoms with E-state index in [1.54, 1.807) is 17.0 Å². The normalized spacial score (nSPS) is 18.5. The molecule has 1 aliphatic heterocycles. The second-order valence-electron chi connectivity index (χ2n) is 7.24. The number of nitrogens with zero attached hydrogens (tertiary/aromatic N) is 3. The molecule has 0 radical (unpaired) electrons. The number of aromatic nitrogens is 2. The van der Waals surface area contributed by atoms with Crippen LogP contribution in [-0.4, -0.2) is 59.9 Å². The second-order valence-corrected chi connectivity index (χ2v) is 9.61. The fourth-order valence-corrected chi connectivity index (χ4v) is 5.42. The number of carbonyl (C=O) groups is 1. The number of piperazine rings is 1. The number of aromatic amines is 1. The Morgan fingerprint density at radius 1 is 1.00 bits per heavy atom. The fraction of sp³-hybridized carbons (Fsp3) is 0.474. The lowest BCUT2D eigenvalue weighted by atomic mass is 10.1. The van der Waals surface area contributed by atoms with Crippen LogP contribution >= 0.6 is 11.6 Å². The molecule has 1 saturated heterocycles. The molecule has 1 aliphatic carbocycles. The minimum absolute atomic E-state index is 0.108. The fourth-order valence-electron chi connectivity index (χ4n) is 3.87. The van der Waals surface area contributed by atoms with Gasteiger partial charge < -0.3 is 4.90 Å². The molecule has 4 rings (SSSR count). The molecule has 1 N–H and O–H groups in total. The molecular formula is C19H23ClN4O3S. The summed E-state index contributed by atoms with van der Waals surface area (Å²) in [5.41, 5.74) is 2.62. The van der Waals surface area contributed by atoms with Gasteiger partial charge in [0.05, 0.1) is 4.90 Å². The standard InChI is InChI=1S/C19H23ClN4O3S/c20-14-6-8-15(9-7-14)28(26,27)24-12-10-23(11-13-24)19(25)18-16-4-2-1-3-5-17(16)21-22-18/h6-9H,1-5,10-13H2,(H,21,22). The summed E-state index contributed by atoms with van der Waals surface area (Å²) < 4.78 is 27.0. The number of nitrogens with one attached hydrogen (secondary N) is 1. The molecule has 0 atom stereocenters. The van der Waals surface area contributed by atoms with Crippen molar-refractivity contribution in [2.45, 2.75) is 37.0 Å². The van der Waals surface area contributed by atoms with E-state index in [1.165, 1.54) is 16.4 Å². The van der Waals surface area contributed by atoms with Crippen LogP contribution in [0.3, 0.4) is 0 Å². The smallest absolute Gasteiger partial charge is 0.274 e. The summed E-state index contributed by atoms with van der Waals surface area (Å²) in [6.45, 7) is 1.24. The molecular weight excluding hydrogens is 400 g/mol. The third-order valence-electron chi connectivity index (χ3n) is 5.49. The first-order chi connectivity index (χ1) is 13.5. The molecule has 0 unspecified atom stereocenters. The monoisotopic (exact) mass is 422 g/mol. The van der Waals surface area contributed by atoms with Crippen molar-refractivity contribution in [3.05, 3.63) is 46.2 Å². The zero-order valence-electron chi connectivity index (χ0n) is 15.5. The minimum atomic E-state index is -3.59. The van der Waals surface area contributed by atoms with Crippen molar-refractivity contribution < 1.29 is 13.2 Å². The van der Waals surface area contributed by atoms with Crippen molar-refractivity contribution in [1.29, 1.82) is 0 Å². The number of hydrogen-bond acceptors (Lipinski definition) is 4. The molecule has 1 fully saturated rings. The molecule has 1 amide bonds. The van der Waals surface area contributed by atoms with Gasteiger partial charge in [0.2, 0.25) is 10.0 Å². The molecule has 7 nitrogen and oxygen atoms in total. The Balaban J connectivity index is 1.45. The third-order valence-corrected chi connectivity index (χ3v) is 7.65. The van der Waals surface area contributed by atoms with Crippen LogP contribution in [0.5, 0.6) is 0 Å². The van der Waals surface area contributed by atoms with Gasteiger partial charge >= 0.3 is 0 Å². The highest BCUT2D eigenvalue weighted by atomic mass is 35.5. The lowest BCUT2D eigenvalue weighted by Crippen LogP contribution is -2.50. The Hall–Kier alpha value is -1.90. The van der Waals surface area contributed by atoms with Crippen molar-refractivity contribution in [3.8, 4) is 0 Å². The topological polar surface area (TPSA) is 86.4 Å². The molecule has 0 saturated carbocycles. The Labute approximate surface area is 169 Å². The quantitative estimate of drug-likeness (QED) is 0.770. The molecule has 150 valence electrons. The lowest BCUT2D eigenvalue weighted by molar-refractivity contribution is 0.0690. The maximum atomic E-state index is 13.0. The first-order valence-electron chi connectivity index (χ1n) is 9.58. The molecule has 28 heavy (non-hydrogen) atoms. The summed E-state index contributed by atoms with van der Waals surface area (Å²) >= 11 is 5.85. The minimum Gasteiger partial charge on any atom is -0.335 e. The van der Waals surface area contributed by atoms with E-state index >= 15 is 0 Å². The van der Waals surface area contributed by atoms with Gasteiger partial charge in [0, 0.05) is 42.5 Å². The van der Waals surface area contributed by atoms with E-state index in [2.05, 4.69) is 10.2 Å². The maximum absolute atomic E-state index is 13.0. The second kappa shape index (κ2) is 7.85. The lowest BCUT2D eigenvalue weighted by Gasteiger charge is -2.33. The van der Waals surface area contributed by atoms with Crippen LogP contribution in [0, 0.1) is 0 Å². The van der Waals surface area contributed by atoms with Crippen LogP contribution in [0.4, 0.5) is 0 Å². The Kier molecular flexibility index (Phi) is 5.44. The number of halogens is 1. The van der Waals surface area contributed by atoms with Gasteiger partial charge in [0.1, 0.15) is 0 Å². The number of H-pyrrole nitrogens is 1. The largest absolute Gasteiger partial charge is 0.335 e. The number of sulfonamides is 1. The molecule has 1 aromatic heterocycles. The summed E-state index contributed by atoms with van der Waals surface area (Å²) in [4.78, 5) is 14.9. The average Bonchev–Trinajstić information content (AvgIpc) is 2.96. The number of carbonyl (C=O) groups excluding carboxylic acids is 1. The zero-order valence-corrected chi connectivity index (χ0v) is 17.1. The number of rotatable bonds is 3. The summed E-state index contributed by atoms with van der Waals surface area (Å²) in [5, 5.41) is 7.80. The Morgan fingerprint density at radius 3 is 2.39 bits per heavy atom. The highest BCUT2D eigenvalue weighted by Crippen LogP contribution is 2.24. The molecule has 0 spiro atoms. The van der Waals surface area contributed by atoms with Gasteiger partial charge in [-0.25, -0.2) is 8.42 Å². The summed E-state index contributed by atoms with van der Waals surface area (Å²) in [7, 11) is -3.59. The van der Waals surface area contributed by atoms with Crippen LogP contribution in [0.2, 0.25) is 5.02 Å². The van der Waals surface area contributed by atoms with Crippen LogP contribution in [0.1, 0.15) is 41.0 Å². The van der Waals surface area contributed by atoms with Crippen LogP contribution in [-0.2, 0) is 22.9 Å². The van der Waals surface area contributed by atoms with Gasteiger partial charge in [-0.2, -0.15) is 9.40 Å². The summed E-state index contributed by atoms with van der Waals surface area (Å²) in [5.74, 6) is -0.108. The summed E-state index contributed by atoms with van der Waals surface area (Å²) in [6, 6.07) is 6.15. The van der Waals surface area contributed by atoms with Gasteiger partial charge in [-0.1, -0.05) is 18.0 Å². The third kappa shape index (κ3) is 3.68.